The number of aromatic nitrogens is 2. The Labute approximate surface area is 136 Å². The number of nitrogens with zero attached hydrogens (tertiary/aromatic N) is 4. The molecule has 0 radical (unpaired) electrons. The lowest BCUT2D eigenvalue weighted by Gasteiger charge is -2.09. The van der Waals surface area contributed by atoms with Gasteiger partial charge in [0, 0.05) is 12.8 Å². The fourth-order valence-corrected chi connectivity index (χ4v) is 2.89. The van der Waals surface area contributed by atoms with Gasteiger partial charge in [-0.15, -0.1) is 0 Å². The van der Waals surface area contributed by atoms with Gasteiger partial charge in [-0.2, -0.15) is 5.10 Å². The first-order chi connectivity index (χ1) is 11.2. The molecular weight excluding hydrogens is 342 g/mol. The molecular formula is C12H13N5O6S. The lowest BCUT2D eigenvalue weighted by Crippen LogP contribution is -2.13. The maximum atomic E-state index is 11.7. The Morgan fingerprint density at radius 3 is 2.50 bits per heavy atom. The minimum Gasteiger partial charge on any atom is -0.378 e. The average Bonchev–Trinajstić information content (AvgIpc) is 2.95. The van der Waals surface area contributed by atoms with E-state index in [0.717, 1.165) is 18.5 Å². The molecule has 0 saturated carbocycles. The number of benzene rings is 1. The molecule has 2 rings (SSSR count). The quantitative estimate of drug-likeness (QED) is 0.575. The van der Waals surface area contributed by atoms with Crippen LogP contribution in [-0.4, -0.2) is 40.8 Å². The second kappa shape index (κ2) is 6.62. The molecule has 2 aromatic rings. The molecule has 0 bridgehead atoms. The third-order valence-electron chi connectivity index (χ3n) is 3.07. The molecule has 0 saturated heterocycles. The Balaban J connectivity index is 2.17. The minimum atomic E-state index is -3.76. The molecule has 11 nitrogen and oxygen atoms in total. The number of hydrogen-bond acceptors (Lipinski definition) is 8. The largest absolute Gasteiger partial charge is 0.378 e. The lowest BCUT2D eigenvalue weighted by molar-refractivity contribution is -0.386. The molecule has 24 heavy (non-hydrogen) atoms. The highest BCUT2D eigenvalue weighted by Crippen LogP contribution is 2.31. The molecule has 1 N–H and O–H groups in total. The SMILES string of the molecule is CS(=O)(=O)c1cccc(NCCn2cc([N+](=O)[O-])cn2)c1[N+](=O)[O-]. The molecule has 0 aliphatic heterocycles. The smallest absolute Gasteiger partial charge is 0.310 e. The minimum absolute atomic E-state index is 0.0459. The highest BCUT2D eigenvalue weighted by atomic mass is 32.2. The molecule has 0 amide bonds. The number of nitrogens with one attached hydrogen (secondary N) is 1. The first-order valence-electron chi connectivity index (χ1n) is 6.58. The third-order valence-corrected chi connectivity index (χ3v) is 4.20. The number of anilines is 1. The topological polar surface area (TPSA) is 150 Å². The van der Waals surface area contributed by atoms with Crippen molar-refractivity contribution < 1.29 is 18.3 Å². The van der Waals surface area contributed by atoms with Gasteiger partial charge >= 0.3 is 11.4 Å². The summed E-state index contributed by atoms with van der Waals surface area (Å²) < 4.78 is 24.6. The van der Waals surface area contributed by atoms with E-state index in [-0.39, 0.29) is 29.4 Å². The van der Waals surface area contributed by atoms with Gasteiger partial charge in [0.05, 0.1) is 16.4 Å². The van der Waals surface area contributed by atoms with Crippen molar-refractivity contribution in [2.75, 3.05) is 18.1 Å². The van der Waals surface area contributed by atoms with Crippen molar-refractivity contribution in [3.63, 3.8) is 0 Å². The summed E-state index contributed by atoms with van der Waals surface area (Å²) in [6.07, 6.45) is 3.21. The zero-order valence-corrected chi connectivity index (χ0v) is 13.3. The summed E-state index contributed by atoms with van der Waals surface area (Å²) in [6, 6.07) is 3.94. The van der Waals surface area contributed by atoms with Gasteiger partial charge < -0.3 is 5.32 Å². The zero-order valence-electron chi connectivity index (χ0n) is 12.4. The summed E-state index contributed by atoms with van der Waals surface area (Å²) in [4.78, 5) is 20.0. The van der Waals surface area contributed by atoms with Gasteiger partial charge in [0.25, 0.3) is 0 Å². The van der Waals surface area contributed by atoms with Crippen molar-refractivity contribution in [1.29, 1.82) is 0 Å². The normalized spacial score (nSPS) is 11.2. The van der Waals surface area contributed by atoms with E-state index in [2.05, 4.69) is 10.4 Å². The van der Waals surface area contributed by atoms with Crippen LogP contribution < -0.4 is 5.32 Å². The number of nitro benzene ring substituents is 1. The van der Waals surface area contributed by atoms with Crippen LogP contribution in [0.2, 0.25) is 0 Å². The summed E-state index contributed by atoms with van der Waals surface area (Å²) in [5, 5.41) is 28.3. The van der Waals surface area contributed by atoms with Crippen LogP contribution in [0.25, 0.3) is 0 Å². The molecule has 1 aromatic carbocycles. The number of nitro groups is 2. The summed E-state index contributed by atoms with van der Waals surface area (Å²) in [5.74, 6) is 0. The van der Waals surface area contributed by atoms with Crippen LogP contribution in [0.1, 0.15) is 0 Å². The van der Waals surface area contributed by atoms with Crippen LogP contribution in [-0.2, 0) is 16.4 Å². The number of para-hydroxylation sites is 1. The maximum absolute atomic E-state index is 11.7. The number of hydrogen-bond donors (Lipinski definition) is 1. The van der Waals surface area contributed by atoms with E-state index in [1.54, 1.807) is 0 Å². The van der Waals surface area contributed by atoms with Crippen molar-refractivity contribution in [1.82, 2.24) is 9.78 Å². The molecule has 0 unspecified atom stereocenters. The zero-order chi connectivity index (χ0) is 17.9. The van der Waals surface area contributed by atoms with Crippen LogP contribution >= 0.6 is 0 Å². The molecule has 0 aliphatic rings. The van der Waals surface area contributed by atoms with Crippen LogP contribution in [0.3, 0.4) is 0 Å². The second-order valence-electron chi connectivity index (χ2n) is 4.83. The Kier molecular flexibility index (Phi) is 4.78. The van der Waals surface area contributed by atoms with E-state index in [9.17, 15) is 28.6 Å². The van der Waals surface area contributed by atoms with Crippen LogP contribution in [0.15, 0.2) is 35.5 Å². The van der Waals surface area contributed by atoms with Gasteiger partial charge in [0.1, 0.15) is 23.0 Å². The Morgan fingerprint density at radius 1 is 1.25 bits per heavy atom. The Morgan fingerprint density at radius 2 is 1.96 bits per heavy atom. The van der Waals surface area contributed by atoms with Crippen molar-refractivity contribution in [2.24, 2.45) is 0 Å². The van der Waals surface area contributed by atoms with E-state index in [1.165, 1.54) is 23.0 Å². The fourth-order valence-electron chi connectivity index (χ4n) is 2.03. The van der Waals surface area contributed by atoms with E-state index >= 15 is 0 Å². The summed E-state index contributed by atoms with van der Waals surface area (Å²) in [5.41, 5.74) is -0.656. The fraction of sp³-hybridized carbons (Fsp3) is 0.250. The molecule has 1 heterocycles. The third kappa shape index (κ3) is 3.84. The standard InChI is InChI=1S/C12H13N5O6S/c1-24(22,23)11-4-2-3-10(12(11)17(20)21)13-5-6-15-8-9(7-14-15)16(18)19/h2-4,7-8,13H,5-6H2,1H3. The van der Waals surface area contributed by atoms with Crippen LogP contribution in [0.5, 0.6) is 0 Å². The van der Waals surface area contributed by atoms with Gasteiger partial charge in [-0.25, -0.2) is 8.42 Å². The van der Waals surface area contributed by atoms with Crippen molar-refractivity contribution >= 4 is 26.9 Å². The predicted octanol–water partition coefficient (Wildman–Crippen LogP) is 1.22. The molecule has 128 valence electrons. The van der Waals surface area contributed by atoms with Crippen molar-refractivity contribution in [3.8, 4) is 0 Å². The predicted molar refractivity (Wildman–Crippen MR) is 83.6 cm³/mol. The summed E-state index contributed by atoms with van der Waals surface area (Å²) >= 11 is 0. The monoisotopic (exact) mass is 355 g/mol. The Bertz CT molecular complexity index is 891. The molecule has 0 aliphatic carbocycles. The van der Waals surface area contributed by atoms with E-state index in [4.69, 9.17) is 0 Å². The van der Waals surface area contributed by atoms with E-state index in [1.807, 2.05) is 0 Å². The van der Waals surface area contributed by atoms with Crippen LogP contribution in [0.4, 0.5) is 17.1 Å². The highest BCUT2D eigenvalue weighted by Gasteiger charge is 2.25. The van der Waals surface area contributed by atoms with Gasteiger partial charge in [-0.1, -0.05) is 6.07 Å². The average molecular weight is 355 g/mol. The van der Waals surface area contributed by atoms with Gasteiger partial charge in [-0.05, 0) is 12.1 Å². The van der Waals surface area contributed by atoms with Gasteiger partial charge in [0.2, 0.25) is 0 Å². The first-order valence-corrected chi connectivity index (χ1v) is 8.47. The first kappa shape index (κ1) is 17.3. The Hall–Kier alpha value is -3.02. The van der Waals surface area contributed by atoms with Gasteiger partial charge in [0.15, 0.2) is 9.84 Å². The van der Waals surface area contributed by atoms with E-state index < -0.39 is 25.4 Å². The van der Waals surface area contributed by atoms with Crippen molar-refractivity contribution in [3.05, 3.63) is 50.8 Å². The maximum Gasteiger partial charge on any atom is 0.310 e. The summed E-state index contributed by atoms with van der Waals surface area (Å²) in [7, 11) is -3.76. The number of rotatable bonds is 7. The van der Waals surface area contributed by atoms with Crippen LogP contribution in [0, 0.1) is 20.2 Å². The van der Waals surface area contributed by atoms with E-state index in [0.29, 0.717) is 0 Å². The molecule has 0 spiro atoms. The lowest BCUT2D eigenvalue weighted by atomic mass is 10.2. The molecule has 12 heteroatoms. The van der Waals surface area contributed by atoms with Crippen molar-refractivity contribution in [2.45, 2.75) is 11.4 Å². The van der Waals surface area contributed by atoms with Gasteiger partial charge in [-0.3, -0.25) is 24.9 Å². The summed E-state index contributed by atoms with van der Waals surface area (Å²) in [6.45, 7) is 0.362. The highest BCUT2D eigenvalue weighted by molar-refractivity contribution is 7.90. The molecule has 1 aromatic heterocycles. The number of sulfone groups is 1. The molecule has 0 fully saturated rings. The molecule has 0 atom stereocenters. The second-order valence-corrected chi connectivity index (χ2v) is 6.81.